The number of hydrogen-bond acceptors (Lipinski definition) is 5. The van der Waals surface area contributed by atoms with Crippen molar-refractivity contribution in [1.82, 2.24) is 9.97 Å². The van der Waals surface area contributed by atoms with E-state index < -0.39 is 6.67 Å². The normalized spacial score (nSPS) is 9.69. The van der Waals surface area contributed by atoms with Gasteiger partial charge >= 0.3 is 0 Å². The van der Waals surface area contributed by atoms with Crippen molar-refractivity contribution in [3.8, 4) is 5.75 Å². The molecule has 1 rings (SSSR count). The molecule has 0 atom stereocenters. The quantitative estimate of drug-likeness (QED) is 0.714. The van der Waals surface area contributed by atoms with E-state index in [4.69, 9.17) is 10.5 Å². The van der Waals surface area contributed by atoms with Crippen molar-refractivity contribution in [2.24, 2.45) is 0 Å². The Morgan fingerprint density at radius 3 is 3.00 bits per heavy atom. The van der Waals surface area contributed by atoms with Crippen molar-refractivity contribution >= 4 is 11.6 Å². The summed E-state index contributed by atoms with van der Waals surface area (Å²) >= 11 is 0. The van der Waals surface area contributed by atoms with Gasteiger partial charge in [-0.05, 0) is 0 Å². The van der Waals surface area contributed by atoms with Crippen LogP contribution in [0.25, 0.3) is 0 Å². The zero-order valence-electron chi connectivity index (χ0n) is 7.25. The summed E-state index contributed by atoms with van der Waals surface area (Å²) in [7, 11) is 1.45. The molecule has 72 valence electrons. The zero-order valence-corrected chi connectivity index (χ0v) is 7.25. The number of hydrogen-bond donors (Lipinski definition) is 2. The van der Waals surface area contributed by atoms with E-state index in [-0.39, 0.29) is 12.4 Å². The van der Waals surface area contributed by atoms with E-state index in [0.29, 0.717) is 11.6 Å². The van der Waals surface area contributed by atoms with Crippen molar-refractivity contribution < 1.29 is 9.13 Å². The first-order valence-electron chi connectivity index (χ1n) is 3.74. The van der Waals surface area contributed by atoms with E-state index in [1.54, 1.807) is 0 Å². The minimum absolute atomic E-state index is 0.173. The van der Waals surface area contributed by atoms with E-state index in [1.165, 1.54) is 13.4 Å². The van der Waals surface area contributed by atoms with Crippen LogP contribution in [0.5, 0.6) is 5.75 Å². The van der Waals surface area contributed by atoms with Gasteiger partial charge in [0.2, 0.25) is 5.75 Å². The Bertz CT molecular complexity index is 281. The van der Waals surface area contributed by atoms with Crippen molar-refractivity contribution in [2.45, 2.75) is 0 Å². The smallest absolute Gasteiger partial charge is 0.203 e. The van der Waals surface area contributed by atoms with Gasteiger partial charge in [-0.25, -0.2) is 14.4 Å². The second kappa shape index (κ2) is 4.44. The Hall–Kier alpha value is -1.59. The minimum Gasteiger partial charge on any atom is -0.490 e. The van der Waals surface area contributed by atoms with Gasteiger partial charge in [-0.1, -0.05) is 0 Å². The van der Waals surface area contributed by atoms with Gasteiger partial charge in [-0.15, -0.1) is 0 Å². The zero-order chi connectivity index (χ0) is 9.68. The Morgan fingerprint density at radius 2 is 2.38 bits per heavy atom. The Kier molecular flexibility index (Phi) is 3.24. The van der Waals surface area contributed by atoms with Crippen LogP contribution < -0.4 is 15.8 Å². The average molecular weight is 186 g/mol. The number of nitrogens with zero attached hydrogens (tertiary/aromatic N) is 2. The van der Waals surface area contributed by atoms with Gasteiger partial charge in [-0.2, -0.15) is 0 Å². The molecule has 1 aromatic heterocycles. The van der Waals surface area contributed by atoms with E-state index in [0.717, 1.165) is 0 Å². The van der Waals surface area contributed by atoms with Crippen LogP contribution in [-0.2, 0) is 0 Å². The number of rotatable bonds is 4. The lowest BCUT2D eigenvalue weighted by Gasteiger charge is -2.09. The van der Waals surface area contributed by atoms with Gasteiger partial charge in [0.05, 0.1) is 7.11 Å². The third kappa shape index (κ3) is 2.17. The van der Waals surface area contributed by atoms with Gasteiger partial charge < -0.3 is 15.8 Å². The van der Waals surface area contributed by atoms with Gasteiger partial charge in [0.15, 0.2) is 11.6 Å². The first kappa shape index (κ1) is 9.50. The van der Waals surface area contributed by atoms with Crippen molar-refractivity contribution in [3.05, 3.63) is 6.33 Å². The predicted octanol–water partition coefficient (Wildman–Crippen LogP) is 0.449. The molecule has 0 amide bonds. The maximum atomic E-state index is 11.8. The molecule has 0 spiro atoms. The molecule has 3 N–H and O–H groups in total. The highest BCUT2D eigenvalue weighted by Crippen LogP contribution is 2.25. The first-order valence-corrected chi connectivity index (χ1v) is 3.74. The van der Waals surface area contributed by atoms with Gasteiger partial charge in [-0.3, -0.25) is 0 Å². The summed E-state index contributed by atoms with van der Waals surface area (Å²) in [6, 6.07) is 0. The number of ether oxygens (including phenoxy) is 1. The fourth-order valence-electron chi connectivity index (χ4n) is 0.880. The second-order valence-electron chi connectivity index (χ2n) is 2.26. The third-order valence-corrected chi connectivity index (χ3v) is 1.42. The Labute approximate surface area is 75.1 Å². The number of aromatic nitrogens is 2. The molecule has 0 fully saturated rings. The SMILES string of the molecule is COc1c(N)ncnc1NCCF. The first-order chi connectivity index (χ1) is 6.29. The van der Waals surface area contributed by atoms with E-state index in [1.807, 2.05) is 0 Å². The number of halogens is 1. The lowest BCUT2D eigenvalue weighted by molar-refractivity contribution is 0.414. The largest absolute Gasteiger partial charge is 0.490 e. The van der Waals surface area contributed by atoms with Crippen molar-refractivity contribution in [3.63, 3.8) is 0 Å². The maximum absolute atomic E-state index is 11.8. The molecule has 0 unspecified atom stereocenters. The van der Waals surface area contributed by atoms with Crippen LogP contribution in [0.1, 0.15) is 0 Å². The molecule has 0 saturated carbocycles. The number of nitrogen functional groups attached to an aromatic ring is 1. The third-order valence-electron chi connectivity index (χ3n) is 1.42. The summed E-state index contributed by atoms with van der Waals surface area (Å²) < 4.78 is 16.8. The van der Waals surface area contributed by atoms with Gasteiger partial charge in [0.1, 0.15) is 13.0 Å². The summed E-state index contributed by atoms with van der Waals surface area (Å²) in [6.45, 7) is -0.306. The number of alkyl halides is 1. The molecular formula is C7H11FN4O. The fraction of sp³-hybridized carbons (Fsp3) is 0.429. The van der Waals surface area contributed by atoms with E-state index >= 15 is 0 Å². The number of anilines is 2. The van der Waals surface area contributed by atoms with Crippen LogP contribution in [0.3, 0.4) is 0 Å². The standard InChI is InChI=1S/C7H11FN4O/c1-13-5-6(9)11-4-12-7(5)10-3-2-8/h4H,2-3H2,1H3,(H3,9,10,11,12). The Morgan fingerprint density at radius 1 is 1.62 bits per heavy atom. The topological polar surface area (TPSA) is 73.1 Å². The van der Waals surface area contributed by atoms with Gasteiger partial charge in [0, 0.05) is 6.54 Å². The van der Waals surface area contributed by atoms with Crippen LogP contribution in [0.2, 0.25) is 0 Å². The number of nitrogens with one attached hydrogen (secondary N) is 1. The highest BCUT2D eigenvalue weighted by Gasteiger charge is 2.07. The highest BCUT2D eigenvalue weighted by atomic mass is 19.1. The van der Waals surface area contributed by atoms with E-state index in [9.17, 15) is 4.39 Å². The van der Waals surface area contributed by atoms with E-state index in [2.05, 4.69) is 15.3 Å². The van der Waals surface area contributed by atoms with Crippen molar-refractivity contribution in [1.29, 1.82) is 0 Å². The summed E-state index contributed by atoms with van der Waals surface area (Å²) in [4.78, 5) is 7.58. The van der Waals surface area contributed by atoms with Crippen LogP contribution in [0.4, 0.5) is 16.0 Å². The number of methoxy groups -OCH3 is 1. The molecular weight excluding hydrogens is 175 g/mol. The molecule has 1 aromatic rings. The molecule has 1 heterocycles. The van der Waals surface area contributed by atoms with Crippen LogP contribution in [0, 0.1) is 0 Å². The summed E-state index contributed by atoms with van der Waals surface area (Å²) in [5.74, 6) is 0.988. The van der Waals surface area contributed by atoms with Gasteiger partial charge in [0.25, 0.3) is 0 Å². The minimum atomic E-state index is -0.479. The molecule has 0 aliphatic heterocycles. The molecule has 0 saturated heterocycles. The van der Waals surface area contributed by atoms with Crippen molar-refractivity contribution in [2.75, 3.05) is 31.4 Å². The average Bonchev–Trinajstić information content (AvgIpc) is 2.15. The summed E-state index contributed by atoms with van der Waals surface area (Å²) in [5.41, 5.74) is 5.49. The van der Waals surface area contributed by atoms with Crippen LogP contribution in [0.15, 0.2) is 6.33 Å². The summed E-state index contributed by atoms with van der Waals surface area (Å²) in [5, 5.41) is 2.72. The lowest BCUT2D eigenvalue weighted by atomic mass is 10.4. The molecule has 0 aliphatic rings. The second-order valence-corrected chi connectivity index (χ2v) is 2.26. The molecule has 0 radical (unpaired) electrons. The fourth-order valence-corrected chi connectivity index (χ4v) is 0.880. The highest BCUT2D eigenvalue weighted by molar-refractivity contribution is 5.61. The number of nitrogens with two attached hydrogens (primary N) is 1. The molecule has 13 heavy (non-hydrogen) atoms. The van der Waals surface area contributed by atoms with Crippen LogP contribution >= 0.6 is 0 Å². The summed E-state index contributed by atoms with van der Waals surface area (Å²) in [6.07, 6.45) is 1.29. The lowest BCUT2D eigenvalue weighted by Crippen LogP contribution is -2.08. The molecule has 0 aromatic carbocycles. The molecule has 0 bridgehead atoms. The van der Waals surface area contributed by atoms with Crippen LogP contribution in [-0.4, -0.2) is 30.3 Å². The maximum Gasteiger partial charge on any atom is 0.203 e. The Balaban J connectivity index is 2.85. The monoisotopic (exact) mass is 186 g/mol. The molecule has 5 nitrogen and oxygen atoms in total. The molecule has 6 heteroatoms. The molecule has 0 aliphatic carbocycles. The predicted molar refractivity (Wildman–Crippen MR) is 47.5 cm³/mol.